The van der Waals surface area contributed by atoms with Gasteiger partial charge in [0.2, 0.25) is 5.91 Å². The largest absolute Gasteiger partial charge is 0.356 e. The molecule has 0 saturated heterocycles. The lowest BCUT2D eigenvalue weighted by molar-refractivity contribution is -0.118. The van der Waals surface area contributed by atoms with Crippen molar-refractivity contribution in [2.75, 3.05) is 19.3 Å². The molecule has 1 amide bonds. The molecule has 64 valence electrons. The van der Waals surface area contributed by atoms with Crippen molar-refractivity contribution in [1.29, 1.82) is 0 Å². The zero-order valence-corrected chi connectivity index (χ0v) is 8.13. The molecule has 0 aliphatic carbocycles. The van der Waals surface area contributed by atoms with Gasteiger partial charge in [-0.3, -0.25) is 9.79 Å². The number of thioether (sulfide) groups is 1. The van der Waals surface area contributed by atoms with E-state index in [0.717, 1.165) is 0 Å². The van der Waals surface area contributed by atoms with Gasteiger partial charge in [-0.2, -0.15) is 0 Å². The molecule has 0 heterocycles. The summed E-state index contributed by atoms with van der Waals surface area (Å²) >= 11 is 6.77. The quantitative estimate of drug-likeness (QED) is 0.540. The highest BCUT2D eigenvalue weighted by atomic mass is 35.5. The Kier molecular flexibility index (Phi) is 6.36. The average molecular weight is 195 g/mol. The molecule has 5 heteroatoms. The van der Waals surface area contributed by atoms with E-state index in [2.05, 4.69) is 10.3 Å². The molecule has 0 bridgehead atoms. The Hall–Kier alpha value is -0.220. The lowest BCUT2D eigenvalue weighted by Gasteiger charge is -1.98. The van der Waals surface area contributed by atoms with Crippen LogP contribution in [0.3, 0.4) is 0 Å². The Balaban J connectivity index is 3.46. The maximum atomic E-state index is 10.8. The highest BCUT2D eigenvalue weighted by Crippen LogP contribution is 2.06. The van der Waals surface area contributed by atoms with Crippen LogP contribution in [0.15, 0.2) is 4.99 Å². The van der Waals surface area contributed by atoms with Crippen molar-refractivity contribution < 1.29 is 4.79 Å². The van der Waals surface area contributed by atoms with Crippen LogP contribution in [-0.2, 0) is 4.79 Å². The third kappa shape index (κ3) is 6.19. The third-order valence-electron chi connectivity index (χ3n) is 0.872. The number of hydrogen-bond acceptors (Lipinski definition) is 3. The summed E-state index contributed by atoms with van der Waals surface area (Å²) in [6.07, 6.45) is 0. The molecule has 0 spiro atoms. The summed E-state index contributed by atoms with van der Waals surface area (Å²) in [7, 11) is 1.59. The molecular formula is C6H11ClN2OS. The maximum Gasteiger partial charge on any atom is 0.230 e. The van der Waals surface area contributed by atoms with E-state index in [9.17, 15) is 4.79 Å². The summed E-state index contributed by atoms with van der Waals surface area (Å²) < 4.78 is 0.413. The maximum absolute atomic E-state index is 10.8. The summed E-state index contributed by atoms with van der Waals surface area (Å²) in [6, 6.07) is 0. The van der Waals surface area contributed by atoms with Crippen molar-refractivity contribution in [3.63, 3.8) is 0 Å². The summed E-state index contributed by atoms with van der Waals surface area (Å²) in [5.74, 6) is 0.323. The van der Waals surface area contributed by atoms with E-state index < -0.39 is 0 Å². The van der Waals surface area contributed by atoms with Gasteiger partial charge in [-0.15, -0.1) is 0 Å². The van der Waals surface area contributed by atoms with E-state index in [1.807, 2.05) is 6.92 Å². The highest BCUT2D eigenvalue weighted by Gasteiger charge is 2.00. The predicted molar refractivity (Wildman–Crippen MR) is 50.4 cm³/mol. The zero-order chi connectivity index (χ0) is 8.69. The van der Waals surface area contributed by atoms with Crippen LogP contribution in [0.5, 0.6) is 0 Å². The standard InChI is InChI=1S/C6H11ClN2OS/c1-3-9-5(10)4-11-6(7)8-2/h3-4H2,1-2H3,(H,9,10). The molecule has 0 unspecified atom stereocenters. The normalized spacial score (nSPS) is 11.4. The Morgan fingerprint density at radius 1 is 1.73 bits per heavy atom. The van der Waals surface area contributed by atoms with E-state index in [0.29, 0.717) is 16.8 Å². The molecule has 0 aromatic carbocycles. The molecule has 11 heavy (non-hydrogen) atoms. The van der Waals surface area contributed by atoms with Crippen LogP contribution >= 0.6 is 23.4 Å². The summed E-state index contributed by atoms with van der Waals surface area (Å²) in [4.78, 5) is 14.5. The minimum absolute atomic E-state index is 0.0145. The number of nitrogens with one attached hydrogen (secondary N) is 1. The number of rotatable bonds is 3. The first kappa shape index (κ1) is 10.8. The van der Waals surface area contributed by atoms with Gasteiger partial charge in [-0.05, 0) is 6.92 Å². The van der Waals surface area contributed by atoms with Crippen molar-refractivity contribution in [3.8, 4) is 0 Å². The first-order chi connectivity index (χ1) is 5.20. The number of amides is 1. The topological polar surface area (TPSA) is 41.5 Å². The van der Waals surface area contributed by atoms with E-state index in [1.165, 1.54) is 11.8 Å². The van der Waals surface area contributed by atoms with Gasteiger partial charge in [0, 0.05) is 13.6 Å². The second kappa shape index (κ2) is 6.49. The molecule has 0 aliphatic rings. The van der Waals surface area contributed by atoms with E-state index in [1.54, 1.807) is 7.05 Å². The van der Waals surface area contributed by atoms with Gasteiger partial charge in [0.1, 0.15) is 0 Å². The number of carbonyl (C=O) groups is 1. The monoisotopic (exact) mass is 194 g/mol. The minimum atomic E-state index is -0.0145. The lowest BCUT2D eigenvalue weighted by atomic mass is 10.6. The van der Waals surface area contributed by atoms with E-state index >= 15 is 0 Å². The number of nitrogens with zero attached hydrogens (tertiary/aromatic N) is 1. The molecule has 0 aromatic heterocycles. The van der Waals surface area contributed by atoms with Crippen molar-refractivity contribution in [2.24, 2.45) is 4.99 Å². The SMILES string of the molecule is CCNC(=O)CSC(Cl)=NC. The van der Waals surface area contributed by atoms with Gasteiger partial charge < -0.3 is 5.32 Å². The lowest BCUT2D eigenvalue weighted by Crippen LogP contribution is -2.24. The molecular weight excluding hydrogens is 184 g/mol. The Morgan fingerprint density at radius 3 is 2.82 bits per heavy atom. The van der Waals surface area contributed by atoms with Crippen molar-refractivity contribution in [3.05, 3.63) is 0 Å². The average Bonchev–Trinajstić information content (AvgIpc) is 2.01. The molecule has 0 rings (SSSR count). The smallest absolute Gasteiger partial charge is 0.230 e. The molecule has 0 saturated carbocycles. The fraction of sp³-hybridized carbons (Fsp3) is 0.667. The van der Waals surface area contributed by atoms with E-state index in [-0.39, 0.29) is 5.91 Å². The first-order valence-corrected chi connectivity index (χ1v) is 4.58. The summed E-state index contributed by atoms with van der Waals surface area (Å²) in [5.41, 5.74) is 0. The predicted octanol–water partition coefficient (Wildman–Crippen LogP) is 1.08. The van der Waals surface area contributed by atoms with Crippen molar-refractivity contribution >= 4 is 33.8 Å². The third-order valence-corrected chi connectivity index (χ3v) is 2.20. The number of halogens is 1. The molecule has 0 atom stereocenters. The zero-order valence-electron chi connectivity index (χ0n) is 6.56. The Morgan fingerprint density at radius 2 is 2.36 bits per heavy atom. The van der Waals surface area contributed by atoms with Crippen molar-refractivity contribution in [1.82, 2.24) is 5.32 Å². The van der Waals surface area contributed by atoms with Crippen LogP contribution in [0.25, 0.3) is 0 Å². The summed E-state index contributed by atoms with van der Waals surface area (Å²) in [5, 5.41) is 2.65. The Bertz CT molecular complexity index is 161. The van der Waals surface area contributed by atoms with Gasteiger partial charge in [-0.1, -0.05) is 23.4 Å². The number of aliphatic imine (C=N–C) groups is 1. The Labute approximate surface area is 75.6 Å². The molecule has 0 aliphatic heterocycles. The second-order valence-electron chi connectivity index (χ2n) is 1.72. The number of carbonyl (C=O) groups excluding carboxylic acids is 1. The minimum Gasteiger partial charge on any atom is -0.356 e. The molecule has 0 fully saturated rings. The van der Waals surface area contributed by atoms with Crippen LogP contribution in [0, 0.1) is 0 Å². The first-order valence-electron chi connectivity index (χ1n) is 3.22. The van der Waals surface area contributed by atoms with Gasteiger partial charge in [0.15, 0.2) is 4.50 Å². The highest BCUT2D eigenvalue weighted by molar-refractivity contribution is 8.17. The second-order valence-corrected chi connectivity index (χ2v) is 3.26. The van der Waals surface area contributed by atoms with Crippen LogP contribution in [0.1, 0.15) is 6.92 Å². The molecule has 0 radical (unpaired) electrons. The fourth-order valence-electron chi connectivity index (χ4n) is 0.438. The fourth-order valence-corrected chi connectivity index (χ4v) is 1.08. The van der Waals surface area contributed by atoms with Crippen molar-refractivity contribution in [2.45, 2.75) is 6.92 Å². The molecule has 0 aromatic rings. The van der Waals surface area contributed by atoms with Crippen LogP contribution < -0.4 is 5.32 Å². The molecule has 1 N–H and O–H groups in total. The summed E-state index contributed by atoms with van der Waals surface area (Å²) in [6.45, 7) is 2.53. The number of hydrogen-bond donors (Lipinski definition) is 1. The van der Waals surface area contributed by atoms with Gasteiger partial charge in [0.25, 0.3) is 0 Å². The van der Waals surface area contributed by atoms with Gasteiger partial charge >= 0.3 is 0 Å². The van der Waals surface area contributed by atoms with Crippen LogP contribution in [0.4, 0.5) is 0 Å². The van der Waals surface area contributed by atoms with E-state index in [4.69, 9.17) is 11.6 Å². The van der Waals surface area contributed by atoms with Gasteiger partial charge in [-0.25, -0.2) is 0 Å². The molecule has 3 nitrogen and oxygen atoms in total. The van der Waals surface area contributed by atoms with Crippen LogP contribution in [0.2, 0.25) is 0 Å². The van der Waals surface area contributed by atoms with Gasteiger partial charge in [0.05, 0.1) is 5.75 Å². The van der Waals surface area contributed by atoms with Crippen LogP contribution in [-0.4, -0.2) is 29.8 Å².